The lowest BCUT2D eigenvalue weighted by molar-refractivity contribution is -0.0411. The van der Waals surface area contributed by atoms with E-state index in [4.69, 9.17) is 26.2 Å². The number of hydrogen-bond donors (Lipinski definition) is 2. The molecule has 1 fully saturated rings. The monoisotopic (exact) mass is 615 g/mol. The van der Waals surface area contributed by atoms with E-state index in [1.54, 1.807) is 11.8 Å². The fraction of sp³-hybridized carbons (Fsp3) is 0.500. The Kier molecular flexibility index (Phi) is 9.64. The highest BCUT2D eigenvalue weighted by molar-refractivity contribution is 7.97. The van der Waals surface area contributed by atoms with Crippen LogP contribution in [-0.2, 0) is 41.2 Å². The number of benzene rings is 1. The van der Waals surface area contributed by atoms with Crippen LogP contribution in [-0.4, -0.2) is 60.6 Å². The van der Waals surface area contributed by atoms with Crippen molar-refractivity contribution in [1.29, 1.82) is 0 Å². The summed E-state index contributed by atoms with van der Waals surface area (Å²) >= 11 is 8.65. The first-order chi connectivity index (χ1) is 20.3. The highest BCUT2D eigenvalue weighted by Crippen LogP contribution is 2.43. The Balaban J connectivity index is 1.53. The number of aryl methyl sites for hydroxylation is 3. The van der Waals surface area contributed by atoms with Crippen molar-refractivity contribution in [3.63, 3.8) is 0 Å². The molecule has 0 bridgehead atoms. The molecule has 10 nitrogen and oxygen atoms in total. The number of carbonyl (C=O) groups excluding carboxylic acids is 1. The summed E-state index contributed by atoms with van der Waals surface area (Å²) in [5.74, 6) is 0.856. The second-order valence-electron chi connectivity index (χ2n) is 10.6. The van der Waals surface area contributed by atoms with Crippen LogP contribution in [0.2, 0.25) is 5.02 Å². The van der Waals surface area contributed by atoms with Gasteiger partial charge in [-0.25, -0.2) is 9.48 Å². The van der Waals surface area contributed by atoms with Crippen LogP contribution in [0.25, 0.3) is 22.0 Å². The topological polar surface area (TPSA) is 117 Å². The van der Waals surface area contributed by atoms with Gasteiger partial charge in [-0.15, -0.1) is 11.8 Å². The molecule has 3 aromatic heterocycles. The quantitative estimate of drug-likeness (QED) is 0.218. The molecule has 226 valence electrons. The van der Waals surface area contributed by atoms with E-state index < -0.39 is 5.97 Å². The number of esters is 1. The molecule has 0 radical (unpaired) electrons. The molecule has 0 aliphatic carbocycles. The third-order valence-corrected chi connectivity index (χ3v) is 9.23. The molecule has 5 rings (SSSR count). The van der Waals surface area contributed by atoms with Crippen LogP contribution in [0, 0.1) is 13.8 Å². The molecule has 1 saturated heterocycles. The second-order valence-corrected chi connectivity index (χ2v) is 12.0. The van der Waals surface area contributed by atoms with Gasteiger partial charge in [0.15, 0.2) is 0 Å². The van der Waals surface area contributed by atoms with Gasteiger partial charge in [0.1, 0.15) is 11.9 Å². The molecule has 12 heteroatoms. The molecule has 42 heavy (non-hydrogen) atoms. The number of aliphatic hydroxyl groups excluding tert-OH is 2. The van der Waals surface area contributed by atoms with E-state index in [0.29, 0.717) is 47.5 Å². The summed E-state index contributed by atoms with van der Waals surface area (Å²) in [4.78, 5) is 12.9. The number of aromatic nitrogens is 5. The minimum atomic E-state index is -0.428. The van der Waals surface area contributed by atoms with E-state index in [1.807, 2.05) is 53.0 Å². The van der Waals surface area contributed by atoms with Gasteiger partial charge < -0.3 is 24.3 Å². The maximum Gasteiger partial charge on any atom is 0.354 e. The third kappa shape index (κ3) is 5.72. The number of halogens is 1. The van der Waals surface area contributed by atoms with Gasteiger partial charge in [0.05, 0.1) is 30.8 Å². The molecule has 2 N–H and O–H groups in total. The third-order valence-electron chi connectivity index (χ3n) is 7.94. The number of nitrogens with zero attached hydrogens (tertiary/aromatic N) is 5. The summed E-state index contributed by atoms with van der Waals surface area (Å²) in [5.41, 5.74) is 7.37. The van der Waals surface area contributed by atoms with Gasteiger partial charge in [0, 0.05) is 71.1 Å². The predicted octanol–water partition coefficient (Wildman–Crippen LogP) is 5.30. The Hall–Kier alpha value is -2.83. The standard InChI is InChI=1S/C30H38ClN5O5S/c1-18-26-24(35(11-7-12-37)29(18)30(39)40-4)10-9-22(31)28(26)27-19(2)34(3)33-23(27)17-42-16-21-14-20(15-38)32-36(21)25-8-5-6-13-41-25/h9-10,14,25,37-38H,5-8,11-13,15-17H2,1-4H3. The minimum absolute atomic E-state index is 0.00837. The molecule has 4 heterocycles. The molecule has 4 aromatic rings. The first kappa shape index (κ1) is 30.6. The van der Waals surface area contributed by atoms with Crippen LogP contribution >= 0.6 is 23.4 Å². The average Bonchev–Trinajstić information content (AvgIpc) is 3.63. The zero-order valence-corrected chi connectivity index (χ0v) is 26.1. The Morgan fingerprint density at radius 1 is 1.19 bits per heavy atom. The Bertz CT molecular complexity index is 1590. The molecule has 0 saturated carbocycles. The molecule has 0 spiro atoms. The van der Waals surface area contributed by atoms with Crippen LogP contribution in [0.4, 0.5) is 0 Å². The van der Waals surface area contributed by atoms with E-state index in [1.165, 1.54) is 7.11 Å². The van der Waals surface area contributed by atoms with Crippen molar-refractivity contribution in [1.82, 2.24) is 24.1 Å². The molecule has 1 atom stereocenters. The number of rotatable bonds is 11. The summed E-state index contributed by atoms with van der Waals surface area (Å²) in [5, 5.41) is 30.2. The summed E-state index contributed by atoms with van der Waals surface area (Å²) in [6.45, 7) is 5.01. The molecule has 0 amide bonds. The van der Waals surface area contributed by atoms with Crippen molar-refractivity contribution in [2.45, 2.75) is 70.4 Å². The van der Waals surface area contributed by atoms with Crippen molar-refractivity contribution in [3.8, 4) is 11.1 Å². The second kappa shape index (κ2) is 13.2. The Labute approximate surface area is 254 Å². The van der Waals surface area contributed by atoms with Crippen molar-refractivity contribution in [2.24, 2.45) is 7.05 Å². The molecule has 1 aromatic carbocycles. The van der Waals surface area contributed by atoms with Gasteiger partial charge in [-0.05, 0) is 63.3 Å². The van der Waals surface area contributed by atoms with Gasteiger partial charge in [-0.1, -0.05) is 11.6 Å². The smallest absolute Gasteiger partial charge is 0.354 e. The van der Waals surface area contributed by atoms with Crippen LogP contribution < -0.4 is 0 Å². The molecule has 1 aliphatic rings. The van der Waals surface area contributed by atoms with E-state index in [9.17, 15) is 15.0 Å². The highest BCUT2D eigenvalue weighted by atomic mass is 35.5. The van der Waals surface area contributed by atoms with E-state index in [0.717, 1.165) is 63.9 Å². The maximum absolute atomic E-state index is 12.9. The Morgan fingerprint density at radius 2 is 2.00 bits per heavy atom. The average molecular weight is 616 g/mol. The van der Waals surface area contributed by atoms with Crippen LogP contribution in [0.15, 0.2) is 18.2 Å². The summed E-state index contributed by atoms with van der Waals surface area (Å²) in [6, 6.07) is 5.73. The van der Waals surface area contributed by atoms with Crippen molar-refractivity contribution >= 4 is 40.2 Å². The summed E-state index contributed by atoms with van der Waals surface area (Å²) < 4.78 is 16.8. The normalized spacial score (nSPS) is 15.5. The molecular formula is C30H38ClN5O5S. The number of ether oxygens (including phenoxy) is 2. The van der Waals surface area contributed by atoms with Gasteiger partial charge in [-0.2, -0.15) is 10.2 Å². The van der Waals surface area contributed by atoms with E-state index in [-0.39, 0.29) is 19.4 Å². The van der Waals surface area contributed by atoms with E-state index >= 15 is 0 Å². The summed E-state index contributed by atoms with van der Waals surface area (Å²) in [7, 11) is 3.30. The van der Waals surface area contributed by atoms with Gasteiger partial charge >= 0.3 is 5.97 Å². The molecule has 1 aliphatic heterocycles. The number of methoxy groups -OCH3 is 1. The van der Waals surface area contributed by atoms with Crippen molar-refractivity contribution < 1.29 is 24.5 Å². The molecular weight excluding hydrogens is 578 g/mol. The fourth-order valence-corrected chi connectivity index (χ4v) is 7.05. The SMILES string of the molecule is COC(=O)c1c(C)c2c(-c3c(CSCc4cc(CO)nn4C4CCCCO4)nn(C)c3C)c(Cl)ccc2n1CCCO. The van der Waals surface area contributed by atoms with Crippen LogP contribution in [0.1, 0.15) is 70.7 Å². The van der Waals surface area contributed by atoms with Gasteiger partial charge in [0.2, 0.25) is 0 Å². The largest absolute Gasteiger partial charge is 0.464 e. The van der Waals surface area contributed by atoms with Crippen LogP contribution in [0.5, 0.6) is 0 Å². The predicted molar refractivity (Wildman–Crippen MR) is 164 cm³/mol. The number of hydrogen-bond acceptors (Lipinski definition) is 8. The number of carbonyl (C=O) groups is 1. The number of aliphatic hydroxyl groups is 2. The Morgan fingerprint density at radius 3 is 2.69 bits per heavy atom. The summed E-state index contributed by atoms with van der Waals surface area (Å²) in [6.07, 6.45) is 3.44. The first-order valence-electron chi connectivity index (χ1n) is 14.2. The first-order valence-corrected chi connectivity index (χ1v) is 15.7. The lowest BCUT2D eigenvalue weighted by Crippen LogP contribution is -2.21. The molecule has 1 unspecified atom stereocenters. The highest BCUT2D eigenvalue weighted by Gasteiger charge is 2.28. The zero-order chi connectivity index (χ0) is 30.0. The fourth-order valence-electron chi connectivity index (χ4n) is 5.87. The van der Waals surface area contributed by atoms with Gasteiger partial charge in [0.25, 0.3) is 0 Å². The van der Waals surface area contributed by atoms with E-state index in [2.05, 4.69) is 5.10 Å². The van der Waals surface area contributed by atoms with Crippen molar-refractivity contribution in [2.75, 3.05) is 20.3 Å². The zero-order valence-electron chi connectivity index (χ0n) is 24.5. The van der Waals surface area contributed by atoms with Crippen molar-refractivity contribution in [3.05, 3.63) is 57.3 Å². The lowest BCUT2D eigenvalue weighted by Gasteiger charge is -2.24. The lowest BCUT2D eigenvalue weighted by atomic mass is 9.97. The minimum Gasteiger partial charge on any atom is -0.464 e. The number of thioether (sulfide) groups is 1. The maximum atomic E-state index is 12.9. The van der Waals surface area contributed by atoms with Crippen LogP contribution in [0.3, 0.4) is 0 Å². The number of fused-ring (bicyclic) bond motifs is 1. The van der Waals surface area contributed by atoms with Gasteiger partial charge in [-0.3, -0.25) is 4.68 Å².